The van der Waals surface area contributed by atoms with Crippen molar-refractivity contribution in [3.63, 3.8) is 0 Å². The van der Waals surface area contributed by atoms with Gasteiger partial charge < -0.3 is 15.2 Å². The van der Waals surface area contributed by atoms with Crippen LogP contribution in [-0.4, -0.2) is 29.7 Å². The molecule has 2 rings (SSSR count). The van der Waals surface area contributed by atoms with E-state index in [1.165, 1.54) is 18.2 Å². The first kappa shape index (κ1) is 14.8. The summed E-state index contributed by atoms with van der Waals surface area (Å²) in [6.07, 6.45) is 3.28. The maximum absolute atomic E-state index is 11.8. The summed E-state index contributed by atoms with van der Waals surface area (Å²) in [4.78, 5) is 22.6. The fraction of sp³-hybridized carbons (Fsp3) is 0.429. The van der Waals surface area contributed by atoms with Crippen molar-refractivity contribution in [1.29, 1.82) is 0 Å². The SMILES string of the molecule is O=C(CCC1CCCO1)Nc1ccc(C(=O)O)cc1Cl. The predicted molar refractivity (Wildman–Crippen MR) is 75.2 cm³/mol. The molecule has 108 valence electrons. The zero-order chi connectivity index (χ0) is 14.5. The number of aromatic carboxylic acids is 1. The Balaban J connectivity index is 1.88. The van der Waals surface area contributed by atoms with Crippen molar-refractivity contribution >= 4 is 29.2 Å². The maximum Gasteiger partial charge on any atom is 0.335 e. The van der Waals surface area contributed by atoms with Gasteiger partial charge in [-0.05, 0) is 37.5 Å². The Morgan fingerprint density at radius 3 is 2.85 bits per heavy atom. The highest BCUT2D eigenvalue weighted by Gasteiger charge is 2.17. The lowest BCUT2D eigenvalue weighted by molar-refractivity contribution is -0.116. The Kier molecular flexibility index (Phi) is 4.98. The predicted octanol–water partition coefficient (Wildman–Crippen LogP) is 2.94. The number of carboxylic acids is 1. The van der Waals surface area contributed by atoms with E-state index in [0.29, 0.717) is 18.5 Å². The molecule has 0 radical (unpaired) electrons. The molecule has 1 aliphatic heterocycles. The molecule has 0 aliphatic carbocycles. The van der Waals surface area contributed by atoms with Crippen LogP contribution >= 0.6 is 11.6 Å². The molecule has 0 spiro atoms. The van der Waals surface area contributed by atoms with Crippen LogP contribution in [0.15, 0.2) is 18.2 Å². The van der Waals surface area contributed by atoms with Crippen molar-refractivity contribution in [2.75, 3.05) is 11.9 Å². The number of rotatable bonds is 5. The Labute approximate surface area is 121 Å². The van der Waals surface area contributed by atoms with Crippen LogP contribution < -0.4 is 5.32 Å². The van der Waals surface area contributed by atoms with E-state index in [9.17, 15) is 9.59 Å². The number of halogens is 1. The zero-order valence-electron chi connectivity index (χ0n) is 10.9. The van der Waals surface area contributed by atoms with Crippen LogP contribution in [0.2, 0.25) is 5.02 Å². The van der Waals surface area contributed by atoms with Gasteiger partial charge in [0.05, 0.1) is 22.4 Å². The molecule has 5 nitrogen and oxygen atoms in total. The lowest BCUT2D eigenvalue weighted by Gasteiger charge is -2.10. The van der Waals surface area contributed by atoms with Crippen LogP contribution in [0.1, 0.15) is 36.0 Å². The topological polar surface area (TPSA) is 75.6 Å². The summed E-state index contributed by atoms with van der Waals surface area (Å²) < 4.78 is 5.45. The van der Waals surface area contributed by atoms with Crippen molar-refractivity contribution in [2.45, 2.75) is 31.8 Å². The molecule has 0 bridgehead atoms. The average Bonchev–Trinajstić information content (AvgIpc) is 2.91. The van der Waals surface area contributed by atoms with Crippen LogP contribution in [0.3, 0.4) is 0 Å². The number of benzene rings is 1. The van der Waals surface area contributed by atoms with Crippen LogP contribution in [0, 0.1) is 0 Å². The summed E-state index contributed by atoms with van der Waals surface area (Å²) in [5.41, 5.74) is 0.515. The van der Waals surface area contributed by atoms with Gasteiger partial charge in [-0.1, -0.05) is 11.6 Å². The molecular weight excluding hydrogens is 282 g/mol. The van der Waals surface area contributed by atoms with Crippen molar-refractivity contribution in [2.24, 2.45) is 0 Å². The molecule has 20 heavy (non-hydrogen) atoms. The van der Waals surface area contributed by atoms with E-state index in [-0.39, 0.29) is 22.6 Å². The summed E-state index contributed by atoms with van der Waals surface area (Å²) in [7, 11) is 0. The summed E-state index contributed by atoms with van der Waals surface area (Å²) in [5.74, 6) is -1.20. The number of ether oxygens (including phenoxy) is 1. The van der Waals surface area contributed by atoms with Crippen LogP contribution in [0.4, 0.5) is 5.69 Å². The Hall–Kier alpha value is -1.59. The number of anilines is 1. The molecule has 1 aliphatic rings. The van der Waals surface area contributed by atoms with Crippen molar-refractivity contribution in [1.82, 2.24) is 0 Å². The fourth-order valence-electron chi connectivity index (χ4n) is 2.13. The highest BCUT2D eigenvalue weighted by molar-refractivity contribution is 6.34. The van der Waals surface area contributed by atoms with Gasteiger partial charge in [-0.3, -0.25) is 4.79 Å². The van der Waals surface area contributed by atoms with Gasteiger partial charge in [-0.25, -0.2) is 4.79 Å². The van der Waals surface area contributed by atoms with E-state index in [0.717, 1.165) is 19.4 Å². The van der Waals surface area contributed by atoms with Crippen LogP contribution in [-0.2, 0) is 9.53 Å². The monoisotopic (exact) mass is 297 g/mol. The van der Waals surface area contributed by atoms with Gasteiger partial charge in [-0.15, -0.1) is 0 Å². The standard InChI is InChI=1S/C14H16ClNO4/c15-11-8-9(14(18)19)3-5-12(11)16-13(17)6-4-10-2-1-7-20-10/h3,5,8,10H,1-2,4,6-7H2,(H,16,17)(H,18,19). The molecule has 1 unspecified atom stereocenters. The number of hydrogen-bond acceptors (Lipinski definition) is 3. The number of hydrogen-bond donors (Lipinski definition) is 2. The second-order valence-corrected chi connectivity index (χ2v) is 5.13. The molecule has 1 aromatic rings. The molecular formula is C14H16ClNO4. The number of carbonyl (C=O) groups excluding carboxylic acids is 1. The molecule has 0 aromatic heterocycles. The summed E-state index contributed by atoms with van der Waals surface area (Å²) >= 11 is 5.94. The molecule has 0 saturated carbocycles. The number of nitrogens with one attached hydrogen (secondary N) is 1. The highest BCUT2D eigenvalue weighted by atomic mass is 35.5. The molecule has 1 amide bonds. The van der Waals surface area contributed by atoms with E-state index in [1.807, 2.05) is 0 Å². The quantitative estimate of drug-likeness (QED) is 0.876. The number of carboxylic acid groups (broad SMARTS) is 1. The smallest absolute Gasteiger partial charge is 0.335 e. The molecule has 1 aromatic carbocycles. The van der Waals surface area contributed by atoms with Crippen molar-refractivity contribution < 1.29 is 19.4 Å². The lowest BCUT2D eigenvalue weighted by Crippen LogP contribution is -2.15. The minimum atomic E-state index is -1.05. The first-order valence-electron chi connectivity index (χ1n) is 6.50. The second-order valence-electron chi connectivity index (χ2n) is 4.72. The average molecular weight is 298 g/mol. The van der Waals surface area contributed by atoms with E-state index in [2.05, 4.69) is 5.32 Å². The third kappa shape index (κ3) is 3.95. The van der Waals surface area contributed by atoms with Crippen molar-refractivity contribution in [3.8, 4) is 0 Å². The normalized spacial score (nSPS) is 17.9. The first-order chi connectivity index (χ1) is 9.56. The van der Waals surface area contributed by atoms with E-state index in [4.69, 9.17) is 21.4 Å². The lowest BCUT2D eigenvalue weighted by atomic mass is 10.1. The first-order valence-corrected chi connectivity index (χ1v) is 6.88. The fourth-order valence-corrected chi connectivity index (χ4v) is 2.35. The van der Waals surface area contributed by atoms with Gasteiger partial charge >= 0.3 is 5.97 Å². The van der Waals surface area contributed by atoms with Gasteiger partial charge in [-0.2, -0.15) is 0 Å². The summed E-state index contributed by atoms with van der Waals surface area (Å²) in [6.45, 7) is 0.773. The molecule has 2 N–H and O–H groups in total. The van der Waals surface area contributed by atoms with E-state index >= 15 is 0 Å². The molecule has 1 heterocycles. The van der Waals surface area contributed by atoms with Crippen LogP contribution in [0.5, 0.6) is 0 Å². The van der Waals surface area contributed by atoms with Gasteiger partial charge in [0.15, 0.2) is 0 Å². The van der Waals surface area contributed by atoms with Gasteiger partial charge in [0.2, 0.25) is 5.91 Å². The van der Waals surface area contributed by atoms with Crippen LogP contribution in [0.25, 0.3) is 0 Å². The zero-order valence-corrected chi connectivity index (χ0v) is 11.7. The summed E-state index contributed by atoms with van der Waals surface area (Å²) in [5, 5.41) is 11.7. The third-order valence-electron chi connectivity index (χ3n) is 3.21. The number of carbonyl (C=O) groups is 2. The highest BCUT2D eigenvalue weighted by Crippen LogP contribution is 2.24. The van der Waals surface area contributed by atoms with Gasteiger partial charge in [0.1, 0.15) is 0 Å². The van der Waals surface area contributed by atoms with E-state index in [1.54, 1.807) is 0 Å². The second kappa shape index (κ2) is 6.72. The summed E-state index contributed by atoms with van der Waals surface area (Å²) in [6, 6.07) is 4.22. The number of amides is 1. The molecule has 6 heteroatoms. The van der Waals surface area contributed by atoms with E-state index < -0.39 is 5.97 Å². The largest absolute Gasteiger partial charge is 0.478 e. The molecule has 1 saturated heterocycles. The Morgan fingerprint density at radius 2 is 2.25 bits per heavy atom. The Bertz CT molecular complexity index is 512. The minimum absolute atomic E-state index is 0.0901. The van der Waals surface area contributed by atoms with Gasteiger partial charge in [0.25, 0.3) is 0 Å². The molecule has 1 atom stereocenters. The minimum Gasteiger partial charge on any atom is -0.478 e. The maximum atomic E-state index is 11.8. The van der Waals surface area contributed by atoms with Crippen molar-refractivity contribution in [3.05, 3.63) is 28.8 Å². The third-order valence-corrected chi connectivity index (χ3v) is 3.52. The molecule has 1 fully saturated rings. The Morgan fingerprint density at radius 1 is 1.45 bits per heavy atom. The van der Waals surface area contributed by atoms with Gasteiger partial charge in [0, 0.05) is 13.0 Å².